The number of rotatable bonds is 5. The molecule has 30 heavy (non-hydrogen) atoms. The Morgan fingerprint density at radius 1 is 1.10 bits per heavy atom. The fourth-order valence-electron chi connectivity index (χ4n) is 4.09. The summed E-state index contributed by atoms with van der Waals surface area (Å²) in [4.78, 5) is 14.2. The van der Waals surface area contributed by atoms with Crippen LogP contribution in [0.4, 0.5) is 5.95 Å². The number of hydrogen-bond acceptors (Lipinski definition) is 7. The molecule has 1 unspecified atom stereocenters. The third-order valence-corrected chi connectivity index (χ3v) is 7.72. The van der Waals surface area contributed by atoms with Gasteiger partial charge in [0, 0.05) is 57.3 Å². The average Bonchev–Trinajstić information content (AvgIpc) is 3.20. The van der Waals surface area contributed by atoms with Gasteiger partial charge in [-0.3, -0.25) is 4.90 Å². The standard InChI is InChI=1S/C22H31N5O2S/c1-16(2)25-30(4,28)20-14-23-22(24-15-20)27-10-8-26(9-11-27)17(3)19-6-5-18-7-12-29-21(18)13-19/h5-6,13-17H,7-12H2,1-4H3/t17-,30?/m1/s1. The first-order valence-corrected chi connectivity index (χ1v) is 12.5. The van der Waals surface area contributed by atoms with Crippen LogP contribution in [0.25, 0.3) is 0 Å². The topological polar surface area (TPSA) is 70.9 Å². The van der Waals surface area contributed by atoms with E-state index < -0.39 is 9.73 Å². The summed E-state index contributed by atoms with van der Waals surface area (Å²) in [6.07, 6.45) is 5.99. The number of fused-ring (bicyclic) bond motifs is 1. The van der Waals surface area contributed by atoms with Crippen molar-refractivity contribution >= 4 is 15.7 Å². The Kier molecular flexibility index (Phi) is 5.97. The van der Waals surface area contributed by atoms with Crippen molar-refractivity contribution in [2.75, 3.05) is 43.9 Å². The summed E-state index contributed by atoms with van der Waals surface area (Å²) in [5.41, 5.74) is 2.62. The molecular weight excluding hydrogens is 398 g/mol. The monoisotopic (exact) mass is 429 g/mol. The first kappa shape index (κ1) is 21.1. The molecule has 0 amide bonds. The highest BCUT2D eigenvalue weighted by Crippen LogP contribution is 2.31. The number of hydrogen-bond donors (Lipinski definition) is 0. The maximum atomic E-state index is 12.7. The lowest BCUT2D eigenvalue weighted by Gasteiger charge is -2.38. The van der Waals surface area contributed by atoms with Gasteiger partial charge in [0.1, 0.15) is 5.75 Å². The number of benzene rings is 1. The van der Waals surface area contributed by atoms with Gasteiger partial charge in [-0.05, 0) is 38.0 Å². The number of aromatic nitrogens is 2. The molecule has 2 aliphatic rings. The Morgan fingerprint density at radius 3 is 2.47 bits per heavy atom. The Morgan fingerprint density at radius 2 is 1.80 bits per heavy atom. The van der Waals surface area contributed by atoms with Gasteiger partial charge in [-0.15, -0.1) is 0 Å². The number of ether oxygens (including phenoxy) is 1. The molecule has 0 spiro atoms. The van der Waals surface area contributed by atoms with Crippen LogP contribution in [0.5, 0.6) is 5.75 Å². The van der Waals surface area contributed by atoms with E-state index in [2.05, 4.69) is 49.3 Å². The van der Waals surface area contributed by atoms with Gasteiger partial charge in [0.05, 0.1) is 27.3 Å². The zero-order valence-electron chi connectivity index (χ0n) is 18.2. The maximum absolute atomic E-state index is 12.7. The maximum Gasteiger partial charge on any atom is 0.225 e. The second kappa shape index (κ2) is 8.51. The highest BCUT2D eigenvalue weighted by molar-refractivity contribution is 7.93. The normalized spacial score (nSPS) is 19.8. The Bertz CT molecular complexity index is 1010. The Labute approximate surface area is 179 Å². The summed E-state index contributed by atoms with van der Waals surface area (Å²) in [5, 5.41) is 0. The van der Waals surface area contributed by atoms with E-state index in [0.717, 1.165) is 45.0 Å². The molecule has 3 heterocycles. The summed E-state index contributed by atoms with van der Waals surface area (Å²) in [7, 11) is -2.45. The van der Waals surface area contributed by atoms with E-state index in [9.17, 15) is 4.21 Å². The van der Waals surface area contributed by atoms with Crippen LogP contribution in [0.3, 0.4) is 0 Å². The van der Waals surface area contributed by atoms with Crippen LogP contribution in [0, 0.1) is 0 Å². The van der Waals surface area contributed by atoms with Crippen LogP contribution in [0.2, 0.25) is 0 Å². The zero-order chi connectivity index (χ0) is 21.3. The lowest BCUT2D eigenvalue weighted by atomic mass is 10.0. The van der Waals surface area contributed by atoms with Crippen LogP contribution in [0.1, 0.15) is 37.9 Å². The molecule has 2 aromatic rings. The molecule has 1 saturated heterocycles. The molecule has 1 aromatic heterocycles. The molecular formula is C22H31N5O2S. The highest BCUT2D eigenvalue weighted by atomic mass is 32.2. The third-order valence-electron chi connectivity index (χ3n) is 5.81. The predicted molar refractivity (Wildman–Crippen MR) is 120 cm³/mol. The van der Waals surface area contributed by atoms with Crippen LogP contribution in [-0.2, 0) is 16.1 Å². The van der Waals surface area contributed by atoms with E-state index in [0.29, 0.717) is 16.9 Å². The number of nitrogens with zero attached hydrogens (tertiary/aromatic N) is 5. The third kappa shape index (κ3) is 4.44. The fourth-order valence-corrected chi connectivity index (χ4v) is 5.52. The minimum atomic E-state index is -2.45. The number of anilines is 1. The summed E-state index contributed by atoms with van der Waals surface area (Å²) in [5.74, 6) is 1.74. The fraction of sp³-hybridized carbons (Fsp3) is 0.545. The molecule has 2 atom stereocenters. The van der Waals surface area contributed by atoms with Gasteiger partial charge in [-0.2, -0.15) is 0 Å². The summed E-state index contributed by atoms with van der Waals surface area (Å²) >= 11 is 0. The van der Waals surface area contributed by atoms with Crippen molar-refractivity contribution in [3.05, 3.63) is 41.7 Å². The van der Waals surface area contributed by atoms with Crippen molar-refractivity contribution < 1.29 is 8.95 Å². The quantitative estimate of drug-likeness (QED) is 0.727. The van der Waals surface area contributed by atoms with Crippen LogP contribution in [-0.4, -0.2) is 64.2 Å². The molecule has 2 aliphatic heterocycles. The molecule has 0 N–H and O–H groups in total. The lowest BCUT2D eigenvalue weighted by Crippen LogP contribution is -2.47. The average molecular weight is 430 g/mol. The minimum Gasteiger partial charge on any atom is -0.493 e. The van der Waals surface area contributed by atoms with Crippen molar-refractivity contribution in [2.24, 2.45) is 4.36 Å². The van der Waals surface area contributed by atoms with Crippen molar-refractivity contribution in [3.63, 3.8) is 0 Å². The van der Waals surface area contributed by atoms with Gasteiger partial charge in [0.25, 0.3) is 0 Å². The summed E-state index contributed by atoms with van der Waals surface area (Å²) < 4.78 is 22.8. The van der Waals surface area contributed by atoms with Crippen molar-refractivity contribution in [1.82, 2.24) is 14.9 Å². The van der Waals surface area contributed by atoms with Crippen LogP contribution < -0.4 is 9.64 Å². The second-order valence-corrected chi connectivity index (χ2v) is 10.7. The minimum absolute atomic E-state index is 0.00878. The molecule has 1 fully saturated rings. The Hall–Kier alpha value is -2.19. The van der Waals surface area contributed by atoms with Gasteiger partial charge >= 0.3 is 0 Å². The second-order valence-electron chi connectivity index (χ2n) is 8.39. The summed E-state index contributed by atoms with van der Waals surface area (Å²) in [6.45, 7) is 10.5. The molecule has 0 aliphatic carbocycles. The van der Waals surface area contributed by atoms with Crippen LogP contribution >= 0.6 is 0 Å². The van der Waals surface area contributed by atoms with E-state index in [1.165, 1.54) is 11.1 Å². The molecule has 0 saturated carbocycles. The molecule has 8 heteroatoms. The van der Waals surface area contributed by atoms with Gasteiger partial charge in [0.15, 0.2) is 0 Å². The van der Waals surface area contributed by atoms with E-state index in [4.69, 9.17) is 4.74 Å². The van der Waals surface area contributed by atoms with Gasteiger partial charge in [-0.1, -0.05) is 12.1 Å². The van der Waals surface area contributed by atoms with Crippen molar-refractivity contribution in [1.29, 1.82) is 0 Å². The molecule has 0 radical (unpaired) electrons. The van der Waals surface area contributed by atoms with Crippen LogP contribution in [0.15, 0.2) is 39.9 Å². The largest absolute Gasteiger partial charge is 0.493 e. The van der Waals surface area contributed by atoms with E-state index in [1.807, 2.05) is 13.8 Å². The van der Waals surface area contributed by atoms with Gasteiger partial charge in [0.2, 0.25) is 5.95 Å². The predicted octanol–water partition coefficient (Wildman–Crippen LogP) is 3.16. The molecule has 1 aromatic carbocycles. The van der Waals surface area contributed by atoms with Crippen molar-refractivity contribution in [2.45, 2.75) is 44.2 Å². The van der Waals surface area contributed by atoms with Gasteiger partial charge < -0.3 is 9.64 Å². The first-order chi connectivity index (χ1) is 14.3. The Balaban J connectivity index is 1.39. The smallest absolute Gasteiger partial charge is 0.225 e. The van der Waals surface area contributed by atoms with E-state index >= 15 is 0 Å². The molecule has 4 rings (SSSR count). The van der Waals surface area contributed by atoms with E-state index in [1.54, 1.807) is 18.6 Å². The number of piperazine rings is 1. The highest BCUT2D eigenvalue weighted by Gasteiger charge is 2.25. The summed E-state index contributed by atoms with van der Waals surface area (Å²) in [6, 6.07) is 6.99. The molecule has 7 nitrogen and oxygen atoms in total. The van der Waals surface area contributed by atoms with Crippen molar-refractivity contribution in [3.8, 4) is 5.75 Å². The SMILES string of the molecule is CC(C)N=S(C)(=O)c1cnc(N2CCN([C@H](C)c3ccc4c(c3)OCC4)CC2)nc1. The van der Waals surface area contributed by atoms with E-state index in [-0.39, 0.29) is 6.04 Å². The van der Waals surface area contributed by atoms with Gasteiger partial charge in [-0.25, -0.2) is 18.5 Å². The molecule has 162 valence electrons. The molecule has 0 bridgehead atoms. The first-order valence-electron chi connectivity index (χ1n) is 10.6. The zero-order valence-corrected chi connectivity index (χ0v) is 19.1. The lowest BCUT2D eigenvalue weighted by molar-refractivity contribution is 0.197.